The predicted molar refractivity (Wildman–Crippen MR) is 134 cm³/mol. The van der Waals surface area contributed by atoms with E-state index < -0.39 is 0 Å². The van der Waals surface area contributed by atoms with Crippen molar-refractivity contribution in [3.8, 4) is 11.5 Å². The van der Waals surface area contributed by atoms with Crippen LogP contribution in [0, 0.1) is 0 Å². The molecule has 2 heterocycles. The number of hydrogen-bond acceptors (Lipinski definition) is 4. The molecule has 0 spiro atoms. The lowest BCUT2D eigenvalue weighted by molar-refractivity contribution is -0.0189. The minimum Gasteiger partial charge on any atom is -0.497 e. The molecule has 2 atom stereocenters. The van der Waals surface area contributed by atoms with Crippen molar-refractivity contribution in [2.45, 2.75) is 44.9 Å². The molecular weight excluding hydrogens is 455 g/mol. The highest BCUT2D eigenvalue weighted by Gasteiger charge is 2.42. The Hall–Kier alpha value is -2.69. The Bertz CT molecular complexity index is 1210. The molecule has 0 radical (unpaired) electrons. The average Bonchev–Trinajstić information content (AvgIpc) is 3.24. The number of fused-ring (bicyclic) bond motifs is 3. The van der Waals surface area contributed by atoms with Crippen LogP contribution in [0.1, 0.15) is 61.7 Å². The van der Waals surface area contributed by atoms with Crippen LogP contribution >= 0.6 is 23.2 Å². The summed E-state index contributed by atoms with van der Waals surface area (Å²) in [4.78, 5) is 0. The summed E-state index contributed by atoms with van der Waals surface area (Å²) in [6.45, 7) is 6.63. The highest BCUT2D eigenvalue weighted by molar-refractivity contribution is 6.35. The minimum atomic E-state index is -0.383. The molecule has 33 heavy (non-hydrogen) atoms. The summed E-state index contributed by atoms with van der Waals surface area (Å²) in [5.41, 5.74) is 5.39. The van der Waals surface area contributed by atoms with Crippen LogP contribution in [0.2, 0.25) is 10.0 Å². The fraction of sp³-hybridized carbons (Fsp3) is 0.296. The van der Waals surface area contributed by atoms with Gasteiger partial charge in [0.15, 0.2) is 0 Å². The van der Waals surface area contributed by atoms with E-state index in [1.165, 1.54) is 5.56 Å². The Morgan fingerprint density at radius 2 is 1.70 bits per heavy atom. The Morgan fingerprint density at radius 1 is 1.00 bits per heavy atom. The Morgan fingerprint density at radius 3 is 2.33 bits per heavy atom. The van der Waals surface area contributed by atoms with Crippen LogP contribution in [-0.2, 0) is 5.41 Å². The first-order chi connectivity index (χ1) is 15.7. The highest BCUT2D eigenvalue weighted by Crippen LogP contribution is 2.50. The number of ether oxygens (including phenoxy) is 2. The van der Waals surface area contributed by atoms with Gasteiger partial charge in [0.05, 0.1) is 23.9 Å². The van der Waals surface area contributed by atoms with Crippen molar-refractivity contribution in [3.05, 3.63) is 93.0 Å². The van der Waals surface area contributed by atoms with E-state index in [1.807, 2.05) is 35.3 Å². The normalized spacial score (nSPS) is 19.5. The molecule has 0 amide bonds. The maximum Gasteiger partial charge on any atom is 0.213 e. The van der Waals surface area contributed by atoms with Crippen LogP contribution in [0.5, 0.6) is 11.5 Å². The third-order valence-corrected chi connectivity index (χ3v) is 6.79. The van der Waals surface area contributed by atoms with E-state index in [9.17, 15) is 0 Å². The summed E-state index contributed by atoms with van der Waals surface area (Å²) in [6, 6.07) is 20.2. The van der Waals surface area contributed by atoms with Crippen molar-refractivity contribution in [3.63, 3.8) is 0 Å². The monoisotopic (exact) mass is 480 g/mol. The van der Waals surface area contributed by atoms with Gasteiger partial charge in [-0.25, -0.2) is 5.01 Å². The molecule has 0 N–H and O–H groups in total. The highest BCUT2D eigenvalue weighted by atomic mass is 35.5. The summed E-state index contributed by atoms with van der Waals surface area (Å²) in [6.07, 6.45) is 0.349. The maximum absolute atomic E-state index is 6.58. The van der Waals surface area contributed by atoms with Crippen LogP contribution in [0.3, 0.4) is 0 Å². The zero-order valence-electron chi connectivity index (χ0n) is 19.1. The summed E-state index contributed by atoms with van der Waals surface area (Å²) in [5.74, 6) is 1.50. The maximum atomic E-state index is 6.58. The lowest BCUT2D eigenvalue weighted by Crippen LogP contribution is -2.34. The van der Waals surface area contributed by atoms with E-state index in [2.05, 4.69) is 45.0 Å². The van der Waals surface area contributed by atoms with Crippen LogP contribution in [-0.4, -0.2) is 17.8 Å². The van der Waals surface area contributed by atoms with Crippen LogP contribution in [0.15, 0.2) is 65.8 Å². The second-order valence-electron chi connectivity index (χ2n) is 9.52. The van der Waals surface area contributed by atoms with Gasteiger partial charge in [0, 0.05) is 22.6 Å². The number of benzene rings is 3. The Balaban J connectivity index is 1.57. The molecule has 0 saturated carbocycles. The van der Waals surface area contributed by atoms with Gasteiger partial charge in [0.2, 0.25) is 6.23 Å². The molecule has 5 rings (SSSR count). The quantitative estimate of drug-likeness (QED) is 0.388. The van der Waals surface area contributed by atoms with Crippen LogP contribution in [0.4, 0.5) is 0 Å². The van der Waals surface area contributed by atoms with Gasteiger partial charge in [0.25, 0.3) is 0 Å². The van der Waals surface area contributed by atoms with Crippen molar-refractivity contribution >= 4 is 28.9 Å². The summed E-state index contributed by atoms with van der Waals surface area (Å²) >= 11 is 12.9. The molecule has 3 aromatic rings. The van der Waals surface area contributed by atoms with Crippen molar-refractivity contribution in [1.82, 2.24) is 5.01 Å². The average molecular weight is 481 g/mol. The van der Waals surface area contributed by atoms with Gasteiger partial charge in [-0.15, -0.1) is 0 Å². The molecule has 2 aliphatic rings. The van der Waals surface area contributed by atoms with E-state index in [1.54, 1.807) is 13.2 Å². The van der Waals surface area contributed by atoms with Crippen LogP contribution in [0.25, 0.3) is 0 Å². The number of methoxy groups -OCH3 is 1. The van der Waals surface area contributed by atoms with Gasteiger partial charge < -0.3 is 9.47 Å². The summed E-state index contributed by atoms with van der Waals surface area (Å²) in [5, 5.41) is 8.17. The van der Waals surface area contributed by atoms with Gasteiger partial charge in [0.1, 0.15) is 11.5 Å². The smallest absolute Gasteiger partial charge is 0.213 e. The van der Waals surface area contributed by atoms with Crippen LogP contribution < -0.4 is 9.47 Å². The van der Waals surface area contributed by atoms with Crippen molar-refractivity contribution < 1.29 is 9.47 Å². The van der Waals surface area contributed by atoms with Crippen molar-refractivity contribution in [1.29, 1.82) is 0 Å². The fourth-order valence-corrected chi connectivity index (χ4v) is 4.99. The molecule has 170 valence electrons. The molecule has 6 heteroatoms. The Kier molecular flexibility index (Phi) is 5.54. The van der Waals surface area contributed by atoms with E-state index in [0.29, 0.717) is 15.8 Å². The molecule has 4 nitrogen and oxygen atoms in total. The molecule has 2 aliphatic heterocycles. The number of hydrogen-bond donors (Lipinski definition) is 0. The molecule has 0 unspecified atom stereocenters. The third kappa shape index (κ3) is 4.07. The van der Waals surface area contributed by atoms with Gasteiger partial charge in [-0.05, 0) is 52.9 Å². The third-order valence-electron chi connectivity index (χ3n) is 6.29. The molecule has 0 bridgehead atoms. The minimum absolute atomic E-state index is 0.0191. The SMILES string of the molecule is COc1ccc(C2=NN3[C@@H](c4ccc(C(C)(C)C)cc4)Oc4c(Cl)cc(Cl)cc4[C@@H]3C2)cc1. The first-order valence-corrected chi connectivity index (χ1v) is 11.8. The van der Waals surface area contributed by atoms with Gasteiger partial charge in [-0.3, -0.25) is 0 Å². The van der Waals surface area contributed by atoms with E-state index in [0.717, 1.165) is 34.6 Å². The number of halogens is 2. The molecular formula is C27H26Cl2N2O2. The topological polar surface area (TPSA) is 34.1 Å². The second kappa shape index (κ2) is 8.27. The lowest BCUT2D eigenvalue weighted by Gasteiger charge is -2.38. The molecule has 3 aromatic carbocycles. The van der Waals surface area contributed by atoms with Crippen molar-refractivity contribution in [2.75, 3.05) is 7.11 Å². The largest absolute Gasteiger partial charge is 0.497 e. The number of hydrazone groups is 1. The first kappa shape index (κ1) is 22.1. The first-order valence-electron chi connectivity index (χ1n) is 11.0. The molecule has 0 saturated heterocycles. The van der Waals surface area contributed by atoms with Gasteiger partial charge >= 0.3 is 0 Å². The molecule has 0 aromatic heterocycles. The summed E-state index contributed by atoms with van der Waals surface area (Å²) < 4.78 is 11.8. The van der Waals surface area contributed by atoms with E-state index in [-0.39, 0.29) is 17.7 Å². The number of nitrogens with zero attached hydrogens (tertiary/aromatic N) is 2. The second-order valence-corrected chi connectivity index (χ2v) is 10.4. The zero-order valence-corrected chi connectivity index (χ0v) is 20.6. The van der Waals surface area contributed by atoms with E-state index in [4.69, 9.17) is 37.8 Å². The molecule has 0 fully saturated rings. The summed E-state index contributed by atoms with van der Waals surface area (Å²) in [7, 11) is 1.67. The standard InChI is InChI=1S/C27H26Cl2N2O2/c1-27(2,3)18-9-5-17(6-10-18)26-31-24(21-13-19(28)14-22(29)25(21)33-26)15-23(30-31)16-7-11-20(32-4)12-8-16/h5-14,24,26H,15H2,1-4H3/t24-,26+/m0/s1. The van der Waals surface area contributed by atoms with Crippen molar-refractivity contribution in [2.24, 2.45) is 5.10 Å². The predicted octanol–water partition coefficient (Wildman–Crippen LogP) is 7.54. The number of rotatable bonds is 3. The Labute approximate surface area is 204 Å². The zero-order chi connectivity index (χ0) is 23.3. The van der Waals surface area contributed by atoms with Gasteiger partial charge in [-0.2, -0.15) is 5.10 Å². The fourth-order valence-electron chi connectivity index (χ4n) is 4.44. The lowest BCUT2D eigenvalue weighted by atomic mass is 9.86. The van der Waals surface area contributed by atoms with E-state index >= 15 is 0 Å². The van der Waals surface area contributed by atoms with Gasteiger partial charge in [-0.1, -0.05) is 68.2 Å². The molecule has 0 aliphatic carbocycles.